The van der Waals surface area contributed by atoms with Crippen molar-refractivity contribution in [1.82, 2.24) is 4.90 Å². The number of anilines is 1. The molecule has 1 unspecified atom stereocenters. The molecule has 136 valence electrons. The van der Waals surface area contributed by atoms with Crippen molar-refractivity contribution >= 4 is 29.1 Å². The van der Waals surface area contributed by atoms with E-state index in [4.69, 9.17) is 16.3 Å². The van der Waals surface area contributed by atoms with Crippen molar-refractivity contribution in [3.63, 3.8) is 0 Å². The number of ether oxygens (including phenoxy) is 1. The van der Waals surface area contributed by atoms with Crippen LogP contribution in [0.4, 0.5) is 5.69 Å². The molecule has 2 amide bonds. The third-order valence-electron chi connectivity index (χ3n) is 4.56. The maximum Gasteiger partial charge on any atom is 0.229 e. The molecule has 0 saturated carbocycles. The summed E-state index contributed by atoms with van der Waals surface area (Å²) in [6.45, 7) is 0.985. The number of nitrogens with one attached hydrogen (secondary N) is 1. The molecule has 0 radical (unpaired) electrons. The number of hydrogen-bond acceptors (Lipinski definition) is 3. The summed E-state index contributed by atoms with van der Waals surface area (Å²) in [6, 6.07) is 14.8. The van der Waals surface area contributed by atoms with E-state index in [0.717, 1.165) is 11.3 Å². The Labute approximate surface area is 157 Å². The highest BCUT2D eigenvalue weighted by Gasteiger charge is 2.34. The Bertz CT molecular complexity index is 809. The topological polar surface area (TPSA) is 58.6 Å². The number of methoxy groups -OCH3 is 1. The first kappa shape index (κ1) is 18.3. The molecular formula is C20H21ClN2O3. The second kappa shape index (κ2) is 8.23. The van der Waals surface area contributed by atoms with Gasteiger partial charge in [0.1, 0.15) is 5.75 Å². The first-order valence-corrected chi connectivity index (χ1v) is 8.91. The molecule has 1 heterocycles. The van der Waals surface area contributed by atoms with E-state index in [1.165, 1.54) is 0 Å². The lowest BCUT2D eigenvalue weighted by Crippen LogP contribution is -2.30. The van der Waals surface area contributed by atoms with E-state index in [9.17, 15) is 9.59 Å². The summed E-state index contributed by atoms with van der Waals surface area (Å²) in [7, 11) is 1.63. The predicted molar refractivity (Wildman–Crippen MR) is 101 cm³/mol. The number of hydrogen-bond donors (Lipinski definition) is 1. The van der Waals surface area contributed by atoms with Crippen LogP contribution in [0.15, 0.2) is 48.5 Å². The Morgan fingerprint density at radius 3 is 2.73 bits per heavy atom. The Morgan fingerprint density at radius 1 is 1.23 bits per heavy atom. The second-order valence-corrected chi connectivity index (χ2v) is 6.68. The van der Waals surface area contributed by atoms with Crippen LogP contribution in [-0.2, 0) is 16.0 Å². The van der Waals surface area contributed by atoms with E-state index in [1.807, 2.05) is 24.3 Å². The van der Waals surface area contributed by atoms with Gasteiger partial charge in [-0.2, -0.15) is 0 Å². The van der Waals surface area contributed by atoms with Crippen molar-refractivity contribution < 1.29 is 14.3 Å². The maximum atomic E-state index is 12.5. The molecule has 1 saturated heterocycles. The SMILES string of the molecule is COc1ccccc1CCN1CC(C(=O)Nc2ccccc2Cl)CC1=O. The molecule has 5 nitrogen and oxygen atoms in total. The first-order valence-electron chi connectivity index (χ1n) is 8.53. The van der Waals surface area contributed by atoms with Crippen molar-refractivity contribution in [2.24, 2.45) is 5.92 Å². The number of benzene rings is 2. The largest absolute Gasteiger partial charge is 0.496 e. The number of halogens is 1. The zero-order valence-corrected chi connectivity index (χ0v) is 15.3. The molecular weight excluding hydrogens is 352 g/mol. The summed E-state index contributed by atoms with van der Waals surface area (Å²) in [5.74, 6) is 0.272. The number of rotatable bonds is 6. The average Bonchev–Trinajstić information content (AvgIpc) is 3.03. The van der Waals surface area contributed by atoms with Crippen LogP contribution in [0, 0.1) is 5.92 Å². The van der Waals surface area contributed by atoms with E-state index < -0.39 is 0 Å². The summed E-state index contributed by atoms with van der Waals surface area (Å²) in [5.41, 5.74) is 1.62. The fourth-order valence-electron chi connectivity index (χ4n) is 3.13. The van der Waals surface area contributed by atoms with Gasteiger partial charge in [0, 0.05) is 19.5 Å². The van der Waals surface area contributed by atoms with Gasteiger partial charge in [0.05, 0.1) is 23.7 Å². The summed E-state index contributed by atoms with van der Waals surface area (Å²) in [4.78, 5) is 26.5. The van der Waals surface area contributed by atoms with Gasteiger partial charge in [-0.1, -0.05) is 41.9 Å². The minimum atomic E-state index is -0.364. The highest BCUT2D eigenvalue weighted by atomic mass is 35.5. The van der Waals surface area contributed by atoms with Gasteiger partial charge >= 0.3 is 0 Å². The Kier molecular flexibility index (Phi) is 5.78. The summed E-state index contributed by atoms with van der Waals surface area (Å²) < 4.78 is 5.34. The Balaban J connectivity index is 1.58. The van der Waals surface area contributed by atoms with Crippen molar-refractivity contribution in [3.8, 4) is 5.75 Å². The van der Waals surface area contributed by atoms with Gasteiger partial charge in [-0.3, -0.25) is 9.59 Å². The van der Waals surface area contributed by atoms with E-state index in [-0.39, 0.29) is 24.2 Å². The minimum Gasteiger partial charge on any atom is -0.496 e. The predicted octanol–water partition coefficient (Wildman–Crippen LogP) is 3.38. The fraction of sp³-hybridized carbons (Fsp3) is 0.300. The van der Waals surface area contributed by atoms with Crippen LogP contribution in [-0.4, -0.2) is 36.9 Å². The molecule has 0 spiro atoms. The highest BCUT2D eigenvalue weighted by molar-refractivity contribution is 6.33. The smallest absolute Gasteiger partial charge is 0.229 e. The van der Waals surface area contributed by atoms with Gasteiger partial charge in [0.15, 0.2) is 0 Å². The van der Waals surface area contributed by atoms with E-state index >= 15 is 0 Å². The Morgan fingerprint density at radius 2 is 1.96 bits per heavy atom. The number of carbonyl (C=O) groups is 2. The quantitative estimate of drug-likeness (QED) is 0.845. The second-order valence-electron chi connectivity index (χ2n) is 6.27. The van der Waals surface area contributed by atoms with Crippen LogP contribution in [0.2, 0.25) is 5.02 Å². The summed E-state index contributed by atoms with van der Waals surface area (Å²) >= 11 is 6.07. The number of amides is 2. The van der Waals surface area contributed by atoms with Crippen LogP contribution >= 0.6 is 11.6 Å². The molecule has 0 aromatic heterocycles. The van der Waals surface area contributed by atoms with Gasteiger partial charge in [-0.25, -0.2) is 0 Å². The van der Waals surface area contributed by atoms with Gasteiger partial charge in [-0.05, 0) is 30.2 Å². The van der Waals surface area contributed by atoms with Crippen molar-refractivity contribution in [3.05, 3.63) is 59.1 Å². The molecule has 1 fully saturated rings. The molecule has 6 heteroatoms. The van der Waals surface area contributed by atoms with Crippen LogP contribution in [0.3, 0.4) is 0 Å². The number of likely N-dealkylation sites (tertiary alicyclic amines) is 1. The first-order chi connectivity index (χ1) is 12.6. The van der Waals surface area contributed by atoms with Crippen molar-refractivity contribution in [1.29, 1.82) is 0 Å². The fourth-order valence-corrected chi connectivity index (χ4v) is 3.31. The normalized spacial score (nSPS) is 16.6. The minimum absolute atomic E-state index is 0.000735. The van der Waals surface area contributed by atoms with E-state index in [1.54, 1.807) is 36.3 Å². The summed E-state index contributed by atoms with van der Waals surface area (Å²) in [6.07, 6.45) is 0.914. The van der Waals surface area contributed by atoms with E-state index in [2.05, 4.69) is 5.32 Å². The van der Waals surface area contributed by atoms with Crippen LogP contribution in [0.5, 0.6) is 5.75 Å². The van der Waals surface area contributed by atoms with Gasteiger partial charge in [-0.15, -0.1) is 0 Å². The number of para-hydroxylation sites is 2. The molecule has 2 aromatic rings. The molecule has 3 rings (SSSR count). The molecule has 0 aliphatic carbocycles. The monoisotopic (exact) mass is 372 g/mol. The molecule has 1 aliphatic heterocycles. The van der Waals surface area contributed by atoms with Gasteiger partial charge in [0.2, 0.25) is 11.8 Å². The average molecular weight is 373 g/mol. The molecule has 0 bridgehead atoms. The zero-order valence-electron chi connectivity index (χ0n) is 14.6. The van der Waals surface area contributed by atoms with E-state index in [0.29, 0.717) is 30.2 Å². The standard InChI is InChI=1S/C20H21ClN2O3/c1-26-18-9-5-2-6-14(18)10-11-23-13-15(12-19(23)24)20(25)22-17-8-4-3-7-16(17)21/h2-9,15H,10-13H2,1H3,(H,22,25). The summed E-state index contributed by atoms with van der Waals surface area (Å²) in [5, 5.41) is 3.30. The lowest BCUT2D eigenvalue weighted by molar-refractivity contribution is -0.128. The lowest BCUT2D eigenvalue weighted by Gasteiger charge is -2.17. The highest BCUT2D eigenvalue weighted by Crippen LogP contribution is 2.25. The number of carbonyl (C=O) groups excluding carboxylic acids is 2. The maximum absolute atomic E-state index is 12.5. The molecule has 1 aliphatic rings. The third kappa shape index (κ3) is 4.17. The lowest BCUT2D eigenvalue weighted by atomic mass is 10.1. The van der Waals surface area contributed by atoms with Crippen LogP contribution < -0.4 is 10.1 Å². The number of nitrogens with zero attached hydrogens (tertiary/aromatic N) is 1. The molecule has 26 heavy (non-hydrogen) atoms. The zero-order chi connectivity index (χ0) is 18.5. The van der Waals surface area contributed by atoms with Gasteiger partial charge in [0.25, 0.3) is 0 Å². The molecule has 1 N–H and O–H groups in total. The third-order valence-corrected chi connectivity index (χ3v) is 4.89. The molecule has 1 atom stereocenters. The van der Waals surface area contributed by atoms with Crippen LogP contribution in [0.1, 0.15) is 12.0 Å². The van der Waals surface area contributed by atoms with Crippen molar-refractivity contribution in [2.75, 3.05) is 25.5 Å². The Hall–Kier alpha value is -2.53. The van der Waals surface area contributed by atoms with Crippen LogP contribution in [0.25, 0.3) is 0 Å². The van der Waals surface area contributed by atoms with Crippen molar-refractivity contribution in [2.45, 2.75) is 12.8 Å². The van der Waals surface area contributed by atoms with Gasteiger partial charge < -0.3 is 15.0 Å². The molecule has 2 aromatic carbocycles.